The normalized spacial score (nSPS) is 21.5. The summed E-state index contributed by atoms with van der Waals surface area (Å²) in [6.07, 6.45) is 5.65. The first-order valence-corrected chi connectivity index (χ1v) is 8.99. The van der Waals surface area contributed by atoms with Gasteiger partial charge in [-0.15, -0.1) is 10.2 Å². The monoisotopic (exact) mass is 342 g/mol. The van der Waals surface area contributed by atoms with Crippen LogP contribution in [-0.4, -0.2) is 32.9 Å². The highest BCUT2D eigenvalue weighted by molar-refractivity contribution is 5.58. The van der Waals surface area contributed by atoms with Gasteiger partial charge in [0.25, 0.3) is 5.69 Å². The topological polar surface area (TPSA) is 83.1 Å². The van der Waals surface area contributed by atoms with E-state index in [1.54, 1.807) is 12.1 Å². The minimum atomic E-state index is -0.380. The van der Waals surface area contributed by atoms with Crippen LogP contribution >= 0.6 is 0 Å². The fraction of sp³-hybridized carbons (Fsp3) is 0.556. The van der Waals surface area contributed by atoms with Crippen molar-refractivity contribution in [2.24, 2.45) is 5.92 Å². The van der Waals surface area contributed by atoms with E-state index in [2.05, 4.69) is 14.8 Å². The number of non-ortho nitro benzene ring substituents is 1. The van der Waals surface area contributed by atoms with Gasteiger partial charge < -0.3 is 9.30 Å². The second-order valence-electron chi connectivity index (χ2n) is 6.89. The van der Waals surface area contributed by atoms with Crippen molar-refractivity contribution >= 4 is 5.69 Å². The molecule has 0 spiro atoms. The number of nitro groups is 1. The summed E-state index contributed by atoms with van der Waals surface area (Å²) in [5, 5.41) is 19.8. The van der Waals surface area contributed by atoms with E-state index in [0.29, 0.717) is 11.8 Å². The smallest absolute Gasteiger partial charge is 0.269 e. The quantitative estimate of drug-likeness (QED) is 0.629. The number of nitrogens with zero attached hydrogens (tertiary/aromatic N) is 4. The molecule has 7 heteroatoms. The third-order valence-corrected chi connectivity index (χ3v) is 5.43. The molecule has 1 fully saturated rings. The Labute approximate surface area is 146 Å². The van der Waals surface area contributed by atoms with E-state index < -0.39 is 0 Å². The van der Waals surface area contributed by atoms with Gasteiger partial charge in [-0.25, -0.2) is 0 Å². The van der Waals surface area contributed by atoms with E-state index in [-0.39, 0.29) is 10.6 Å². The summed E-state index contributed by atoms with van der Waals surface area (Å²) < 4.78 is 7.75. The Balaban J connectivity index is 1.67. The Bertz CT molecular complexity index is 750. The standard InChI is InChI=1S/C18H22N4O3/c23-22(24)15-6-4-14(5-7-15)17-19-20-18-16(3-1-2-10-21(17)18)13-8-11-25-12-9-13/h4-7,13,16H,1-3,8-12H2. The summed E-state index contributed by atoms with van der Waals surface area (Å²) in [5.74, 6) is 2.95. The zero-order valence-corrected chi connectivity index (χ0v) is 14.1. The molecule has 2 aromatic rings. The number of ether oxygens (including phenoxy) is 1. The van der Waals surface area contributed by atoms with E-state index in [1.165, 1.54) is 18.6 Å². The van der Waals surface area contributed by atoms with Gasteiger partial charge in [0.1, 0.15) is 5.82 Å². The van der Waals surface area contributed by atoms with Gasteiger partial charge >= 0.3 is 0 Å². The van der Waals surface area contributed by atoms with Gasteiger partial charge in [-0.2, -0.15) is 0 Å². The Morgan fingerprint density at radius 3 is 2.56 bits per heavy atom. The lowest BCUT2D eigenvalue weighted by Gasteiger charge is -2.28. The molecule has 0 radical (unpaired) electrons. The van der Waals surface area contributed by atoms with Crippen molar-refractivity contribution in [3.05, 3.63) is 40.2 Å². The Kier molecular flexibility index (Phi) is 4.48. The van der Waals surface area contributed by atoms with Gasteiger partial charge in [-0.1, -0.05) is 6.42 Å². The first kappa shape index (κ1) is 16.2. The zero-order valence-electron chi connectivity index (χ0n) is 14.1. The second-order valence-corrected chi connectivity index (χ2v) is 6.89. The molecule has 25 heavy (non-hydrogen) atoms. The van der Waals surface area contributed by atoms with Crippen LogP contribution in [0.2, 0.25) is 0 Å². The van der Waals surface area contributed by atoms with Crippen LogP contribution in [0.5, 0.6) is 0 Å². The molecule has 0 aliphatic carbocycles. The second kappa shape index (κ2) is 6.92. The molecule has 2 aliphatic rings. The summed E-state index contributed by atoms with van der Waals surface area (Å²) >= 11 is 0. The maximum atomic E-state index is 10.9. The van der Waals surface area contributed by atoms with Crippen molar-refractivity contribution in [1.29, 1.82) is 0 Å². The Hall–Kier alpha value is -2.28. The van der Waals surface area contributed by atoms with Gasteiger partial charge in [-0.3, -0.25) is 10.1 Å². The zero-order chi connectivity index (χ0) is 17.2. The van der Waals surface area contributed by atoms with Crippen LogP contribution in [0.1, 0.15) is 43.8 Å². The number of rotatable bonds is 3. The summed E-state index contributed by atoms with van der Waals surface area (Å²) in [6, 6.07) is 6.60. The SMILES string of the molecule is O=[N+]([O-])c1ccc(-c2nnc3n2CCCCC3C2CCOCC2)cc1. The van der Waals surface area contributed by atoms with Crippen LogP contribution in [0.3, 0.4) is 0 Å². The number of hydrogen-bond donors (Lipinski definition) is 0. The predicted molar refractivity (Wildman–Crippen MR) is 92.2 cm³/mol. The highest BCUT2D eigenvalue weighted by Crippen LogP contribution is 2.38. The third-order valence-electron chi connectivity index (χ3n) is 5.43. The molecular formula is C18H22N4O3. The number of benzene rings is 1. The largest absolute Gasteiger partial charge is 0.381 e. The predicted octanol–water partition coefficient (Wildman–Crippen LogP) is 3.55. The molecule has 1 unspecified atom stereocenters. The molecule has 0 amide bonds. The molecule has 0 N–H and O–H groups in total. The molecule has 3 heterocycles. The van der Waals surface area contributed by atoms with Crippen LogP contribution in [0.25, 0.3) is 11.4 Å². The fourth-order valence-electron chi connectivity index (χ4n) is 4.08. The van der Waals surface area contributed by atoms with Crippen molar-refractivity contribution in [1.82, 2.24) is 14.8 Å². The minimum Gasteiger partial charge on any atom is -0.381 e. The highest BCUT2D eigenvalue weighted by atomic mass is 16.6. The average molecular weight is 342 g/mol. The number of fused-ring (bicyclic) bond motifs is 1. The van der Waals surface area contributed by atoms with Gasteiger partial charge in [0, 0.05) is 43.4 Å². The molecule has 0 saturated carbocycles. The van der Waals surface area contributed by atoms with Crippen LogP contribution < -0.4 is 0 Å². The molecular weight excluding hydrogens is 320 g/mol. The minimum absolute atomic E-state index is 0.0967. The molecule has 1 saturated heterocycles. The number of nitro benzene ring substituents is 1. The molecule has 1 aromatic carbocycles. The van der Waals surface area contributed by atoms with E-state index in [1.807, 2.05) is 0 Å². The number of hydrogen-bond acceptors (Lipinski definition) is 5. The van der Waals surface area contributed by atoms with Crippen molar-refractivity contribution in [2.75, 3.05) is 13.2 Å². The number of aromatic nitrogens is 3. The summed E-state index contributed by atoms with van der Waals surface area (Å²) in [4.78, 5) is 10.5. The van der Waals surface area contributed by atoms with Crippen LogP contribution in [0.15, 0.2) is 24.3 Å². The van der Waals surface area contributed by atoms with E-state index >= 15 is 0 Å². The lowest BCUT2D eigenvalue weighted by Crippen LogP contribution is -2.23. The summed E-state index contributed by atoms with van der Waals surface area (Å²) in [7, 11) is 0. The van der Waals surface area contributed by atoms with Crippen molar-refractivity contribution in [3.8, 4) is 11.4 Å². The third kappa shape index (κ3) is 3.16. The molecule has 7 nitrogen and oxygen atoms in total. The van der Waals surface area contributed by atoms with Crippen LogP contribution in [0, 0.1) is 16.0 Å². The summed E-state index contributed by atoms with van der Waals surface area (Å²) in [6.45, 7) is 2.59. The highest BCUT2D eigenvalue weighted by Gasteiger charge is 2.31. The maximum Gasteiger partial charge on any atom is 0.269 e. The molecule has 2 aliphatic heterocycles. The fourth-order valence-corrected chi connectivity index (χ4v) is 4.08. The molecule has 0 bridgehead atoms. The first-order chi connectivity index (χ1) is 12.2. The summed E-state index contributed by atoms with van der Waals surface area (Å²) in [5.41, 5.74) is 0.983. The Morgan fingerprint density at radius 1 is 1.08 bits per heavy atom. The van der Waals surface area contributed by atoms with Crippen molar-refractivity contribution in [3.63, 3.8) is 0 Å². The van der Waals surface area contributed by atoms with Gasteiger partial charge in [0.15, 0.2) is 5.82 Å². The lowest BCUT2D eigenvalue weighted by atomic mass is 9.82. The average Bonchev–Trinajstić information content (AvgIpc) is 2.95. The lowest BCUT2D eigenvalue weighted by molar-refractivity contribution is -0.384. The van der Waals surface area contributed by atoms with Crippen molar-refractivity contribution in [2.45, 2.75) is 44.6 Å². The maximum absolute atomic E-state index is 10.9. The van der Waals surface area contributed by atoms with E-state index in [4.69, 9.17) is 4.74 Å². The van der Waals surface area contributed by atoms with Gasteiger partial charge in [0.05, 0.1) is 4.92 Å². The van der Waals surface area contributed by atoms with E-state index in [9.17, 15) is 10.1 Å². The van der Waals surface area contributed by atoms with Crippen molar-refractivity contribution < 1.29 is 9.66 Å². The molecule has 1 atom stereocenters. The first-order valence-electron chi connectivity index (χ1n) is 8.99. The molecule has 4 rings (SSSR count). The van der Waals surface area contributed by atoms with Gasteiger partial charge in [-0.05, 0) is 43.7 Å². The molecule has 1 aromatic heterocycles. The van der Waals surface area contributed by atoms with E-state index in [0.717, 1.165) is 62.7 Å². The van der Waals surface area contributed by atoms with Gasteiger partial charge in [0.2, 0.25) is 0 Å². The van der Waals surface area contributed by atoms with Crippen LogP contribution in [-0.2, 0) is 11.3 Å². The molecule has 132 valence electrons. The van der Waals surface area contributed by atoms with Crippen LogP contribution in [0.4, 0.5) is 5.69 Å². The Morgan fingerprint density at radius 2 is 1.84 bits per heavy atom.